The Balaban J connectivity index is 1.52. The fourth-order valence-corrected chi connectivity index (χ4v) is 4.37. The second-order valence-electron chi connectivity index (χ2n) is 8.07. The molecule has 0 atom stereocenters. The number of benzene rings is 1. The molecule has 0 radical (unpaired) electrons. The minimum Gasteiger partial charge on any atom is -0.451 e. The van der Waals surface area contributed by atoms with Gasteiger partial charge in [-0.3, -0.25) is 4.79 Å². The zero-order valence-corrected chi connectivity index (χ0v) is 17.1. The molecule has 1 heterocycles. The second-order valence-corrected chi connectivity index (χ2v) is 9.21. The third kappa shape index (κ3) is 5.19. The number of nitrogens with one attached hydrogen (secondary N) is 1. The van der Waals surface area contributed by atoms with Crippen molar-refractivity contribution in [3.05, 3.63) is 51.2 Å². The third-order valence-corrected chi connectivity index (χ3v) is 6.03. The molecule has 0 aliphatic heterocycles. The Morgan fingerprint density at radius 2 is 1.78 bits per heavy atom. The summed E-state index contributed by atoms with van der Waals surface area (Å²) in [5, 5.41) is 2.77. The first kappa shape index (κ1) is 19.6. The van der Waals surface area contributed by atoms with Crippen LogP contribution >= 0.6 is 11.3 Å². The maximum atomic E-state index is 12.3. The van der Waals surface area contributed by atoms with Crippen molar-refractivity contribution in [2.75, 3.05) is 11.9 Å². The Hall–Kier alpha value is -2.14. The molecule has 1 aliphatic carbocycles. The van der Waals surface area contributed by atoms with Gasteiger partial charge in [0.15, 0.2) is 6.61 Å². The molecule has 1 aliphatic rings. The predicted molar refractivity (Wildman–Crippen MR) is 110 cm³/mol. The molecule has 0 fully saturated rings. The summed E-state index contributed by atoms with van der Waals surface area (Å²) in [6.07, 6.45) is 5.67. The number of ether oxygens (including phenoxy) is 1. The average Bonchev–Trinajstić information content (AvgIpc) is 2.90. The van der Waals surface area contributed by atoms with E-state index in [1.165, 1.54) is 46.6 Å². The average molecular weight is 386 g/mol. The zero-order valence-electron chi connectivity index (χ0n) is 16.3. The number of fused-ring (bicyclic) bond motifs is 1. The van der Waals surface area contributed by atoms with Crippen molar-refractivity contribution in [3.63, 3.8) is 0 Å². The van der Waals surface area contributed by atoms with E-state index in [4.69, 9.17) is 4.74 Å². The number of aryl methyl sites for hydroxylation is 2. The van der Waals surface area contributed by atoms with Gasteiger partial charge in [0.1, 0.15) is 4.88 Å². The highest BCUT2D eigenvalue weighted by Crippen LogP contribution is 2.29. The maximum Gasteiger partial charge on any atom is 0.348 e. The highest BCUT2D eigenvalue weighted by Gasteiger charge is 2.18. The molecule has 1 aromatic heterocycles. The van der Waals surface area contributed by atoms with Crippen molar-refractivity contribution >= 4 is 28.9 Å². The smallest absolute Gasteiger partial charge is 0.348 e. The summed E-state index contributed by atoms with van der Waals surface area (Å²) in [6.45, 7) is 6.15. The first-order chi connectivity index (χ1) is 12.8. The fourth-order valence-electron chi connectivity index (χ4n) is 3.22. The number of anilines is 1. The molecule has 1 amide bonds. The van der Waals surface area contributed by atoms with Crippen LogP contribution in [0.25, 0.3) is 0 Å². The van der Waals surface area contributed by atoms with Crippen LogP contribution in [0.3, 0.4) is 0 Å². The van der Waals surface area contributed by atoms with Gasteiger partial charge >= 0.3 is 5.97 Å². The Kier molecular flexibility index (Phi) is 6.00. The van der Waals surface area contributed by atoms with Crippen molar-refractivity contribution in [2.24, 2.45) is 0 Å². The van der Waals surface area contributed by atoms with Gasteiger partial charge in [-0.1, -0.05) is 39.3 Å². The normalized spacial score (nSPS) is 14.2. The van der Waals surface area contributed by atoms with Gasteiger partial charge in [0.2, 0.25) is 0 Å². The Morgan fingerprint density at radius 3 is 2.48 bits per heavy atom. The van der Waals surface area contributed by atoms with E-state index in [0.29, 0.717) is 10.6 Å². The van der Waals surface area contributed by atoms with Crippen LogP contribution in [0.1, 0.15) is 65.7 Å². The van der Waals surface area contributed by atoms with E-state index < -0.39 is 5.97 Å². The van der Waals surface area contributed by atoms with Crippen LogP contribution in [0.2, 0.25) is 0 Å². The number of rotatable bonds is 4. The van der Waals surface area contributed by atoms with E-state index >= 15 is 0 Å². The summed E-state index contributed by atoms with van der Waals surface area (Å²) in [5.41, 5.74) is 3.24. The standard InChI is InChI=1S/C22H27NO3S/c1-22(2,3)16-9-11-17(12-10-16)23-20(24)14-26-21(25)19-13-15-7-5-4-6-8-18(15)27-19/h9-13H,4-8,14H2,1-3H3,(H,23,24). The summed E-state index contributed by atoms with van der Waals surface area (Å²) in [6, 6.07) is 9.69. The van der Waals surface area contributed by atoms with E-state index in [0.717, 1.165) is 12.8 Å². The van der Waals surface area contributed by atoms with E-state index in [-0.39, 0.29) is 17.9 Å². The molecule has 0 saturated heterocycles. The summed E-state index contributed by atoms with van der Waals surface area (Å²) in [5.74, 6) is -0.740. The van der Waals surface area contributed by atoms with Gasteiger partial charge in [0, 0.05) is 10.6 Å². The largest absolute Gasteiger partial charge is 0.451 e. The van der Waals surface area contributed by atoms with Crippen LogP contribution < -0.4 is 5.32 Å². The SMILES string of the molecule is CC(C)(C)c1ccc(NC(=O)COC(=O)c2cc3c(s2)CCCCC3)cc1. The van der Waals surface area contributed by atoms with E-state index in [9.17, 15) is 9.59 Å². The van der Waals surface area contributed by atoms with Crippen molar-refractivity contribution < 1.29 is 14.3 Å². The number of amides is 1. The quantitative estimate of drug-likeness (QED) is 0.588. The van der Waals surface area contributed by atoms with Gasteiger partial charge in [0.25, 0.3) is 5.91 Å². The van der Waals surface area contributed by atoms with Gasteiger partial charge in [-0.05, 0) is 60.4 Å². The van der Waals surface area contributed by atoms with Crippen LogP contribution in [0.4, 0.5) is 5.69 Å². The lowest BCUT2D eigenvalue weighted by Crippen LogP contribution is -2.20. The molecule has 0 spiro atoms. The number of carbonyl (C=O) groups is 2. The molecule has 0 saturated carbocycles. The molecule has 27 heavy (non-hydrogen) atoms. The minimum atomic E-state index is -0.411. The number of hydrogen-bond donors (Lipinski definition) is 1. The van der Waals surface area contributed by atoms with Crippen molar-refractivity contribution in [2.45, 2.75) is 58.3 Å². The number of hydrogen-bond acceptors (Lipinski definition) is 4. The molecule has 0 unspecified atom stereocenters. The lowest BCUT2D eigenvalue weighted by molar-refractivity contribution is -0.119. The molecule has 3 rings (SSSR count). The van der Waals surface area contributed by atoms with E-state index in [2.05, 4.69) is 26.1 Å². The summed E-state index contributed by atoms with van der Waals surface area (Å²) < 4.78 is 5.21. The molecule has 4 nitrogen and oxygen atoms in total. The summed E-state index contributed by atoms with van der Waals surface area (Å²) >= 11 is 1.51. The van der Waals surface area contributed by atoms with Gasteiger partial charge in [-0.25, -0.2) is 4.79 Å². The Bertz CT molecular complexity index is 792. The maximum absolute atomic E-state index is 12.3. The summed E-state index contributed by atoms with van der Waals surface area (Å²) in [7, 11) is 0. The van der Waals surface area contributed by atoms with Crippen LogP contribution in [0.15, 0.2) is 30.3 Å². The van der Waals surface area contributed by atoms with Crippen molar-refractivity contribution in [1.29, 1.82) is 0 Å². The first-order valence-corrected chi connectivity index (χ1v) is 10.3. The molecule has 1 aromatic carbocycles. The molecule has 2 aromatic rings. The first-order valence-electron chi connectivity index (χ1n) is 9.52. The zero-order chi connectivity index (χ0) is 19.4. The fraction of sp³-hybridized carbons (Fsp3) is 0.455. The molecular weight excluding hydrogens is 358 g/mol. The molecular formula is C22H27NO3S. The lowest BCUT2D eigenvalue weighted by atomic mass is 9.87. The number of thiophene rings is 1. The Labute approximate surface area is 164 Å². The van der Waals surface area contributed by atoms with Crippen molar-refractivity contribution in [3.8, 4) is 0 Å². The number of carbonyl (C=O) groups excluding carboxylic acids is 2. The van der Waals surface area contributed by atoms with Crippen LogP contribution in [0, 0.1) is 0 Å². The second kappa shape index (κ2) is 8.26. The number of esters is 1. The highest BCUT2D eigenvalue weighted by molar-refractivity contribution is 7.14. The van der Waals surface area contributed by atoms with Gasteiger partial charge in [0.05, 0.1) is 0 Å². The van der Waals surface area contributed by atoms with Gasteiger partial charge in [-0.15, -0.1) is 11.3 Å². The predicted octanol–water partition coefficient (Wildman–Crippen LogP) is 5.11. The van der Waals surface area contributed by atoms with Crippen LogP contribution in [0.5, 0.6) is 0 Å². The van der Waals surface area contributed by atoms with Gasteiger partial charge < -0.3 is 10.1 Å². The molecule has 5 heteroatoms. The van der Waals surface area contributed by atoms with Crippen LogP contribution in [-0.4, -0.2) is 18.5 Å². The van der Waals surface area contributed by atoms with E-state index in [1.54, 1.807) is 0 Å². The topological polar surface area (TPSA) is 55.4 Å². The van der Waals surface area contributed by atoms with Gasteiger partial charge in [-0.2, -0.15) is 0 Å². The molecule has 144 valence electrons. The molecule has 1 N–H and O–H groups in total. The third-order valence-electron chi connectivity index (χ3n) is 4.82. The van der Waals surface area contributed by atoms with Crippen molar-refractivity contribution in [1.82, 2.24) is 0 Å². The Morgan fingerprint density at radius 1 is 1.07 bits per heavy atom. The monoisotopic (exact) mass is 385 g/mol. The van der Waals surface area contributed by atoms with E-state index in [1.807, 2.05) is 30.3 Å². The molecule has 0 bridgehead atoms. The summed E-state index contributed by atoms with van der Waals surface area (Å²) in [4.78, 5) is 26.2. The minimum absolute atomic E-state index is 0.0664. The highest BCUT2D eigenvalue weighted by atomic mass is 32.1. The lowest BCUT2D eigenvalue weighted by Gasteiger charge is -2.19. The van der Waals surface area contributed by atoms with Crippen LogP contribution in [-0.2, 0) is 27.8 Å².